The summed E-state index contributed by atoms with van der Waals surface area (Å²) in [5.41, 5.74) is 1.63. The lowest BCUT2D eigenvalue weighted by Gasteiger charge is -2.23. The van der Waals surface area contributed by atoms with Gasteiger partial charge in [0.2, 0.25) is 0 Å². The Morgan fingerprint density at radius 1 is 1.21 bits per heavy atom. The molecule has 0 fully saturated rings. The second kappa shape index (κ2) is 9.73. The maximum absolute atomic E-state index is 12.7. The summed E-state index contributed by atoms with van der Waals surface area (Å²) < 4.78 is 32.6. The fourth-order valence-electron chi connectivity index (χ4n) is 2.41. The normalized spacial score (nSPS) is 10.8. The second-order valence-electron chi connectivity index (χ2n) is 5.97. The Balaban J connectivity index is 2.15. The third-order valence-electron chi connectivity index (χ3n) is 3.61. The molecule has 0 unspecified atom stereocenters. The fraction of sp³-hybridized carbons (Fsp3) is 0.263. The SMILES string of the molecule is COCCN(Cc1cccc(OS(C)(=O)=O)c1)C(=O)Nc1cccc(C#N)c1. The first-order chi connectivity index (χ1) is 13.3. The summed E-state index contributed by atoms with van der Waals surface area (Å²) in [5, 5.41) is 11.7. The van der Waals surface area contributed by atoms with Crippen LogP contribution >= 0.6 is 0 Å². The number of ether oxygens (including phenoxy) is 1. The number of urea groups is 1. The summed E-state index contributed by atoms with van der Waals surface area (Å²) in [6.07, 6.45) is 0.966. The average Bonchev–Trinajstić information content (AvgIpc) is 2.64. The molecule has 0 aliphatic carbocycles. The molecule has 0 radical (unpaired) electrons. The van der Waals surface area contributed by atoms with Crippen LogP contribution in [0.2, 0.25) is 0 Å². The zero-order chi connectivity index (χ0) is 20.6. The molecule has 0 aliphatic rings. The van der Waals surface area contributed by atoms with Crippen molar-refractivity contribution >= 4 is 21.8 Å². The zero-order valence-electron chi connectivity index (χ0n) is 15.6. The van der Waals surface area contributed by atoms with E-state index in [1.807, 2.05) is 6.07 Å². The Bertz CT molecular complexity index is 970. The Hall–Kier alpha value is -3.09. The zero-order valence-corrected chi connectivity index (χ0v) is 16.4. The van der Waals surface area contributed by atoms with E-state index in [1.54, 1.807) is 42.5 Å². The van der Waals surface area contributed by atoms with E-state index in [1.165, 1.54) is 18.1 Å². The molecule has 28 heavy (non-hydrogen) atoms. The molecule has 2 aromatic rings. The van der Waals surface area contributed by atoms with Gasteiger partial charge in [-0.25, -0.2) is 4.79 Å². The van der Waals surface area contributed by atoms with Crippen molar-refractivity contribution in [2.24, 2.45) is 0 Å². The number of hydrogen-bond donors (Lipinski definition) is 1. The van der Waals surface area contributed by atoms with Gasteiger partial charge in [-0.05, 0) is 35.9 Å². The van der Waals surface area contributed by atoms with Crippen molar-refractivity contribution in [1.82, 2.24) is 4.90 Å². The molecule has 0 saturated heterocycles. The number of hydrogen-bond acceptors (Lipinski definition) is 6. The minimum absolute atomic E-state index is 0.175. The lowest BCUT2D eigenvalue weighted by molar-refractivity contribution is 0.153. The van der Waals surface area contributed by atoms with Crippen LogP contribution in [-0.2, 0) is 21.4 Å². The number of amides is 2. The highest BCUT2D eigenvalue weighted by atomic mass is 32.2. The predicted octanol–water partition coefficient (Wildman–Crippen LogP) is 2.58. The smallest absolute Gasteiger partial charge is 0.322 e. The minimum Gasteiger partial charge on any atom is -0.383 e. The maximum Gasteiger partial charge on any atom is 0.322 e. The maximum atomic E-state index is 12.7. The van der Waals surface area contributed by atoms with Crippen molar-refractivity contribution < 1.29 is 22.1 Å². The summed E-state index contributed by atoms with van der Waals surface area (Å²) in [6.45, 7) is 0.858. The van der Waals surface area contributed by atoms with Gasteiger partial charge >= 0.3 is 16.1 Å². The molecule has 9 heteroatoms. The molecule has 8 nitrogen and oxygen atoms in total. The first-order valence-electron chi connectivity index (χ1n) is 8.34. The Morgan fingerprint density at radius 3 is 2.64 bits per heavy atom. The summed E-state index contributed by atoms with van der Waals surface area (Å²) >= 11 is 0. The van der Waals surface area contributed by atoms with E-state index in [9.17, 15) is 13.2 Å². The minimum atomic E-state index is -3.64. The molecule has 1 N–H and O–H groups in total. The topological polar surface area (TPSA) is 109 Å². The number of nitrogens with one attached hydrogen (secondary N) is 1. The van der Waals surface area contributed by atoms with E-state index < -0.39 is 10.1 Å². The van der Waals surface area contributed by atoms with E-state index in [0.29, 0.717) is 30.0 Å². The van der Waals surface area contributed by atoms with Gasteiger partial charge in [0, 0.05) is 25.9 Å². The van der Waals surface area contributed by atoms with Crippen LogP contribution in [-0.4, -0.2) is 45.9 Å². The molecule has 0 aliphatic heterocycles. The molecule has 2 rings (SSSR count). The van der Waals surface area contributed by atoms with Gasteiger partial charge in [0.25, 0.3) is 0 Å². The van der Waals surface area contributed by atoms with E-state index in [0.717, 1.165) is 6.26 Å². The number of anilines is 1. The average molecular weight is 403 g/mol. The number of rotatable bonds is 8. The molecule has 2 amide bonds. The molecule has 0 aromatic heterocycles. The van der Waals surface area contributed by atoms with E-state index in [4.69, 9.17) is 14.2 Å². The van der Waals surface area contributed by atoms with Gasteiger partial charge in [-0.15, -0.1) is 0 Å². The number of carbonyl (C=O) groups is 1. The molecule has 0 heterocycles. The van der Waals surface area contributed by atoms with Gasteiger partial charge in [0.15, 0.2) is 0 Å². The lowest BCUT2D eigenvalue weighted by atomic mass is 10.2. The number of nitriles is 1. The van der Waals surface area contributed by atoms with Crippen LogP contribution in [0.4, 0.5) is 10.5 Å². The van der Waals surface area contributed by atoms with Crippen LogP contribution in [0.5, 0.6) is 5.75 Å². The summed E-state index contributed by atoms with van der Waals surface area (Å²) in [4.78, 5) is 14.2. The molecule has 0 spiro atoms. The van der Waals surface area contributed by atoms with Gasteiger partial charge in [0.1, 0.15) is 5.75 Å². The van der Waals surface area contributed by atoms with Crippen molar-refractivity contribution in [2.75, 3.05) is 31.8 Å². The Kier molecular flexibility index (Phi) is 7.37. The monoisotopic (exact) mass is 403 g/mol. The second-order valence-corrected chi connectivity index (χ2v) is 7.55. The molecular formula is C19H21N3O5S. The van der Waals surface area contributed by atoms with Crippen LogP contribution in [0, 0.1) is 11.3 Å². The highest BCUT2D eigenvalue weighted by molar-refractivity contribution is 7.86. The summed E-state index contributed by atoms with van der Waals surface area (Å²) in [6, 6.07) is 14.7. The summed E-state index contributed by atoms with van der Waals surface area (Å²) in [5.74, 6) is 0.175. The Labute approximate surface area is 164 Å². The van der Waals surface area contributed by atoms with E-state index in [2.05, 4.69) is 5.32 Å². The van der Waals surface area contributed by atoms with Crippen LogP contribution in [0.15, 0.2) is 48.5 Å². The molecule has 148 valence electrons. The third-order valence-corrected chi connectivity index (χ3v) is 4.11. The van der Waals surface area contributed by atoms with Gasteiger partial charge in [0.05, 0.1) is 24.5 Å². The lowest BCUT2D eigenvalue weighted by Crippen LogP contribution is -2.36. The Morgan fingerprint density at radius 2 is 1.96 bits per heavy atom. The number of methoxy groups -OCH3 is 1. The third kappa shape index (κ3) is 6.90. The molecule has 0 saturated carbocycles. The molecular weight excluding hydrogens is 382 g/mol. The number of carbonyl (C=O) groups excluding carboxylic acids is 1. The summed E-state index contributed by atoms with van der Waals surface area (Å²) in [7, 11) is -2.10. The van der Waals surface area contributed by atoms with Gasteiger partial charge in [-0.3, -0.25) is 0 Å². The van der Waals surface area contributed by atoms with Gasteiger partial charge in [-0.1, -0.05) is 18.2 Å². The van der Waals surface area contributed by atoms with Crippen molar-refractivity contribution in [3.8, 4) is 11.8 Å². The van der Waals surface area contributed by atoms with Gasteiger partial charge in [-0.2, -0.15) is 13.7 Å². The first kappa shape index (κ1) is 21.2. The highest BCUT2D eigenvalue weighted by Gasteiger charge is 2.15. The highest BCUT2D eigenvalue weighted by Crippen LogP contribution is 2.17. The number of nitrogens with zero attached hydrogens (tertiary/aromatic N) is 2. The van der Waals surface area contributed by atoms with Crippen molar-refractivity contribution in [3.05, 3.63) is 59.7 Å². The van der Waals surface area contributed by atoms with Crippen molar-refractivity contribution in [3.63, 3.8) is 0 Å². The van der Waals surface area contributed by atoms with Crippen LogP contribution in [0.1, 0.15) is 11.1 Å². The predicted molar refractivity (Wildman–Crippen MR) is 104 cm³/mol. The van der Waals surface area contributed by atoms with Crippen molar-refractivity contribution in [2.45, 2.75) is 6.54 Å². The molecule has 0 bridgehead atoms. The van der Waals surface area contributed by atoms with Crippen LogP contribution in [0.3, 0.4) is 0 Å². The molecule has 0 atom stereocenters. The number of benzene rings is 2. The van der Waals surface area contributed by atoms with Gasteiger partial charge < -0.3 is 19.1 Å². The van der Waals surface area contributed by atoms with Crippen LogP contribution in [0.25, 0.3) is 0 Å². The van der Waals surface area contributed by atoms with E-state index in [-0.39, 0.29) is 18.3 Å². The molecule has 2 aromatic carbocycles. The van der Waals surface area contributed by atoms with E-state index >= 15 is 0 Å². The first-order valence-corrected chi connectivity index (χ1v) is 10.2. The fourth-order valence-corrected chi connectivity index (χ4v) is 2.87. The quantitative estimate of drug-likeness (QED) is 0.679. The largest absolute Gasteiger partial charge is 0.383 e. The van der Waals surface area contributed by atoms with Crippen molar-refractivity contribution in [1.29, 1.82) is 5.26 Å². The standard InChI is InChI=1S/C19H21N3O5S/c1-26-10-9-22(19(23)21-17-7-3-5-15(11-17)13-20)14-16-6-4-8-18(12-16)27-28(2,24)25/h3-8,11-12H,9-10,14H2,1-2H3,(H,21,23). The van der Waals surface area contributed by atoms with Crippen LogP contribution < -0.4 is 9.50 Å².